The molecule has 1 atom stereocenters. The maximum Gasteiger partial charge on any atom is 0.414 e. The first kappa shape index (κ1) is 17.9. The Morgan fingerprint density at radius 2 is 2.12 bits per heavy atom. The van der Waals surface area contributed by atoms with Crippen molar-refractivity contribution in [3.8, 4) is 17.4 Å². The molecule has 0 aliphatic rings. The normalized spacial score (nSPS) is 12.7. The van der Waals surface area contributed by atoms with Gasteiger partial charge < -0.3 is 19.4 Å². The Bertz CT molecular complexity index is 693. The number of aromatic nitrogens is 4. The van der Waals surface area contributed by atoms with Crippen LogP contribution < -0.4 is 10.1 Å². The van der Waals surface area contributed by atoms with E-state index in [2.05, 4.69) is 20.5 Å². The zero-order chi connectivity index (χ0) is 17.7. The summed E-state index contributed by atoms with van der Waals surface area (Å²) >= 11 is 0. The highest BCUT2D eigenvalue weighted by Gasteiger charge is 2.17. The summed E-state index contributed by atoms with van der Waals surface area (Å²) in [7, 11) is 1.64. The lowest BCUT2D eigenvalue weighted by molar-refractivity contribution is 0.162. The van der Waals surface area contributed by atoms with Gasteiger partial charge in [0.2, 0.25) is 5.88 Å². The molecule has 0 aliphatic carbocycles. The molecule has 0 bridgehead atoms. The topological polar surface area (TPSA) is 91.2 Å². The summed E-state index contributed by atoms with van der Waals surface area (Å²) in [6.45, 7) is 8.13. The maximum absolute atomic E-state index is 11.9. The number of nitrogens with zero attached hydrogens (tertiary/aromatic N) is 4. The van der Waals surface area contributed by atoms with Gasteiger partial charge in [0.1, 0.15) is 12.0 Å². The Labute approximate surface area is 141 Å². The number of ether oxygens (including phenoxy) is 2. The van der Waals surface area contributed by atoms with Crippen molar-refractivity contribution in [2.75, 3.05) is 13.7 Å². The highest BCUT2D eigenvalue weighted by molar-refractivity contribution is 5.70. The smallest absolute Gasteiger partial charge is 0.391 e. The van der Waals surface area contributed by atoms with Crippen LogP contribution in [0.4, 0.5) is 4.79 Å². The van der Waals surface area contributed by atoms with E-state index in [1.165, 1.54) is 0 Å². The van der Waals surface area contributed by atoms with Gasteiger partial charge >= 0.3 is 6.09 Å². The van der Waals surface area contributed by atoms with Gasteiger partial charge in [-0.2, -0.15) is 0 Å². The van der Waals surface area contributed by atoms with E-state index >= 15 is 0 Å². The molecule has 0 fully saturated rings. The fourth-order valence-corrected chi connectivity index (χ4v) is 2.09. The molecule has 2 aromatic rings. The van der Waals surface area contributed by atoms with Crippen LogP contribution in [0.1, 0.15) is 33.7 Å². The quantitative estimate of drug-likeness (QED) is 0.903. The third-order valence-electron chi connectivity index (χ3n) is 3.08. The van der Waals surface area contributed by atoms with E-state index < -0.39 is 6.09 Å². The Morgan fingerprint density at radius 1 is 1.38 bits per heavy atom. The summed E-state index contributed by atoms with van der Waals surface area (Å²) in [6.07, 6.45) is 1.07. The second kappa shape index (κ2) is 7.39. The number of carbonyl (C=O) groups excluding carboxylic acids is 1. The molecule has 1 amide bonds. The lowest BCUT2D eigenvalue weighted by Gasteiger charge is -2.19. The van der Waals surface area contributed by atoms with Crippen LogP contribution in [-0.4, -0.2) is 45.1 Å². The van der Waals surface area contributed by atoms with Crippen LogP contribution in [0.5, 0.6) is 5.88 Å². The molecular formula is C16H23N5O3. The van der Waals surface area contributed by atoms with Crippen LogP contribution in [0.25, 0.3) is 11.5 Å². The fraction of sp³-hybridized carbons (Fsp3) is 0.500. The van der Waals surface area contributed by atoms with E-state index in [0.717, 1.165) is 0 Å². The van der Waals surface area contributed by atoms with Crippen LogP contribution in [-0.2, 0) is 4.74 Å². The Balaban J connectivity index is 2.19. The first-order chi connectivity index (χ1) is 11.3. The molecule has 0 aromatic carbocycles. The predicted molar refractivity (Wildman–Crippen MR) is 88.8 cm³/mol. The Morgan fingerprint density at radius 3 is 2.79 bits per heavy atom. The third-order valence-corrected chi connectivity index (χ3v) is 3.08. The van der Waals surface area contributed by atoms with E-state index in [-0.39, 0.29) is 17.5 Å². The summed E-state index contributed by atoms with van der Waals surface area (Å²) < 4.78 is 12.3. The molecule has 130 valence electrons. The zero-order valence-electron chi connectivity index (χ0n) is 14.6. The van der Waals surface area contributed by atoms with Crippen LogP contribution in [0.2, 0.25) is 0 Å². The molecule has 2 heterocycles. The minimum Gasteiger partial charge on any atom is -0.391 e. The largest absolute Gasteiger partial charge is 0.414 e. The first-order valence-corrected chi connectivity index (χ1v) is 7.66. The molecular weight excluding hydrogens is 310 g/mol. The van der Waals surface area contributed by atoms with Gasteiger partial charge in [-0.1, -0.05) is 6.07 Å². The summed E-state index contributed by atoms with van der Waals surface area (Å²) in [4.78, 5) is 16.2. The highest BCUT2D eigenvalue weighted by Crippen LogP contribution is 2.21. The summed E-state index contributed by atoms with van der Waals surface area (Å²) in [5.74, 6) is 0.782. The SMILES string of the molecule is COC[C@@H](C)n1cnnc1-c1cccc(OC(=O)NC(C)(C)C)n1. The van der Waals surface area contributed by atoms with E-state index in [0.29, 0.717) is 18.1 Å². The van der Waals surface area contributed by atoms with Crippen molar-refractivity contribution in [2.24, 2.45) is 0 Å². The van der Waals surface area contributed by atoms with Crippen LogP contribution in [0.3, 0.4) is 0 Å². The summed E-state index contributed by atoms with van der Waals surface area (Å²) in [5.41, 5.74) is 0.182. The molecule has 0 spiro atoms. The number of hydrogen-bond acceptors (Lipinski definition) is 6. The van der Waals surface area contributed by atoms with Crippen LogP contribution >= 0.6 is 0 Å². The van der Waals surface area contributed by atoms with Gasteiger partial charge in [0, 0.05) is 18.7 Å². The van der Waals surface area contributed by atoms with Gasteiger partial charge in [-0.3, -0.25) is 0 Å². The molecule has 0 aliphatic heterocycles. The number of amides is 1. The van der Waals surface area contributed by atoms with Crippen molar-refractivity contribution in [1.29, 1.82) is 0 Å². The lowest BCUT2D eigenvalue weighted by Crippen LogP contribution is -2.42. The average Bonchev–Trinajstić information content (AvgIpc) is 2.95. The van der Waals surface area contributed by atoms with Gasteiger partial charge in [0.05, 0.1) is 12.6 Å². The molecule has 0 saturated heterocycles. The minimum absolute atomic E-state index is 0.0514. The van der Waals surface area contributed by atoms with Crippen LogP contribution in [0, 0.1) is 0 Å². The Kier molecular flexibility index (Phi) is 5.50. The second-order valence-corrected chi connectivity index (χ2v) is 6.49. The van der Waals surface area contributed by atoms with Crippen molar-refractivity contribution in [2.45, 2.75) is 39.3 Å². The molecule has 0 unspecified atom stereocenters. The van der Waals surface area contributed by atoms with Crippen molar-refractivity contribution >= 4 is 6.09 Å². The average molecular weight is 333 g/mol. The molecule has 8 heteroatoms. The number of nitrogens with one attached hydrogen (secondary N) is 1. The van der Waals surface area contributed by atoms with Crippen LogP contribution in [0.15, 0.2) is 24.5 Å². The molecule has 0 radical (unpaired) electrons. The van der Waals surface area contributed by atoms with Crippen molar-refractivity contribution in [3.05, 3.63) is 24.5 Å². The summed E-state index contributed by atoms with van der Waals surface area (Å²) in [5, 5.41) is 10.8. The van der Waals surface area contributed by atoms with E-state index in [1.807, 2.05) is 32.3 Å². The Hall–Kier alpha value is -2.48. The lowest BCUT2D eigenvalue weighted by atomic mass is 10.1. The minimum atomic E-state index is -0.554. The standard InChI is InChI=1S/C16H23N5O3/c1-11(9-23-5)21-10-17-20-14(21)12-7-6-8-13(18-12)24-15(22)19-16(2,3)4/h6-8,10-11H,9H2,1-5H3,(H,19,22)/t11-/m1/s1. The van der Waals surface area contributed by atoms with Gasteiger partial charge in [-0.05, 0) is 33.8 Å². The number of pyridine rings is 1. The van der Waals surface area contributed by atoms with Gasteiger partial charge in [0.15, 0.2) is 5.82 Å². The number of methoxy groups -OCH3 is 1. The first-order valence-electron chi connectivity index (χ1n) is 7.66. The molecule has 0 saturated carbocycles. The van der Waals surface area contributed by atoms with E-state index in [4.69, 9.17) is 9.47 Å². The molecule has 2 aromatic heterocycles. The van der Waals surface area contributed by atoms with Gasteiger partial charge in [0.25, 0.3) is 0 Å². The zero-order valence-corrected chi connectivity index (χ0v) is 14.6. The predicted octanol–water partition coefficient (Wildman–Crippen LogP) is 2.43. The van der Waals surface area contributed by atoms with Gasteiger partial charge in [-0.25, -0.2) is 9.78 Å². The maximum atomic E-state index is 11.9. The molecule has 1 N–H and O–H groups in total. The third kappa shape index (κ3) is 4.76. The summed E-state index contributed by atoms with van der Waals surface area (Å²) in [6, 6.07) is 5.21. The fourth-order valence-electron chi connectivity index (χ4n) is 2.09. The number of hydrogen-bond donors (Lipinski definition) is 1. The van der Waals surface area contributed by atoms with E-state index in [9.17, 15) is 4.79 Å². The van der Waals surface area contributed by atoms with Crippen molar-refractivity contribution in [1.82, 2.24) is 25.1 Å². The monoisotopic (exact) mass is 333 g/mol. The van der Waals surface area contributed by atoms with Crippen molar-refractivity contribution in [3.63, 3.8) is 0 Å². The second-order valence-electron chi connectivity index (χ2n) is 6.49. The number of rotatable bonds is 5. The number of carbonyl (C=O) groups is 1. The molecule has 8 nitrogen and oxygen atoms in total. The highest BCUT2D eigenvalue weighted by atomic mass is 16.6. The van der Waals surface area contributed by atoms with Gasteiger partial charge in [-0.15, -0.1) is 10.2 Å². The molecule has 2 rings (SSSR count). The molecule has 24 heavy (non-hydrogen) atoms. The van der Waals surface area contributed by atoms with E-state index in [1.54, 1.807) is 31.6 Å². The van der Waals surface area contributed by atoms with Crippen molar-refractivity contribution < 1.29 is 14.3 Å².